The fourth-order valence-electron chi connectivity index (χ4n) is 2.33. The molecule has 0 spiro atoms. The largest absolute Gasteiger partial charge is 0.471 e. The molecule has 0 bridgehead atoms. The minimum absolute atomic E-state index is 0.00154. The molecule has 1 heterocycles. The van der Waals surface area contributed by atoms with Crippen molar-refractivity contribution in [2.45, 2.75) is 13.1 Å². The molecule has 1 aromatic rings. The molecule has 0 unspecified atom stereocenters. The Morgan fingerprint density at radius 3 is 2.17 bits per heavy atom. The first-order valence-electron chi connectivity index (χ1n) is 7.12. The maximum Gasteiger partial charge on any atom is 0.471 e. The summed E-state index contributed by atoms with van der Waals surface area (Å²) in [6.45, 7) is 0.851. The number of benzene rings is 1. The second kappa shape index (κ2) is 6.90. The predicted molar refractivity (Wildman–Crippen MR) is 76.3 cm³/mol. The van der Waals surface area contributed by atoms with E-state index in [2.05, 4.69) is 0 Å². The van der Waals surface area contributed by atoms with Crippen LogP contribution in [0.5, 0.6) is 5.75 Å². The molecule has 0 radical (unpaired) electrons. The predicted octanol–water partition coefficient (Wildman–Crippen LogP) is 1.46. The molecule has 1 fully saturated rings. The van der Waals surface area contributed by atoms with Crippen molar-refractivity contribution < 1.29 is 32.3 Å². The standard InChI is InChI=1S/C15H15F3N2O4/c1-10(21)24-12-4-2-3-11(9-12)13(22)19-5-7-20(8-6-19)14(23)15(16,17)18/h2-4,9H,5-8H2,1H3. The zero-order chi connectivity index (χ0) is 17.9. The van der Waals surface area contributed by atoms with E-state index in [4.69, 9.17) is 4.74 Å². The SMILES string of the molecule is CC(=O)Oc1cccc(C(=O)N2CCN(C(=O)C(F)(F)F)CC2)c1. The number of rotatable bonds is 2. The van der Waals surface area contributed by atoms with Gasteiger partial charge in [-0.2, -0.15) is 13.2 Å². The highest BCUT2D eigenvalue weighted by Crippen LogP contribution is 2.20. The number of amides is 2. The number of carbonyl (C=O) groups is 3. The Balaban J connectivity index is 2.00. The molecule has 0 aliphatic carbocycles. The van der Waals surface area contributed by atoms with E-state index >= 15 is 0 Å². The summed E-state index contributed by atoms with van der Waals surface area (Å²) in [5.74, 6) is -2.62. The van der Waals surface area contributed by atoms with Crippen molar-refractivity contribution in [1.29, 1.82) is 0 Å². The second-order valence-corrected chi connectivity index (χ2v) is 5.20. The molecular weight excluding hydrogens is 329 g/mol. The minimum atomic E-state index is -4.91. The molecule has 1 aliphatic rings. The van der Waals surface area contributed by atoms with E-state index in [0.29, 0.717) is 4.90 Å². The first-order valence-corrected chi connectivity index (χ1v) is 7.12. The molecule has 1 aromatic carbocycles. The van der Waals surface area contributed by atoms with Crippen LogP contribution in [-0.4, -0.2) is 59.9 Å². The Bertz CT molecular complexity index is 652. The lowest BCUT2D eigenvalue weighted by Crippen LogP contribution is -2.53. The van der Waals surface area contributed by atoms with Gasteiger partial charge >= 0.3 is 18.1 Å². The monoisotopic (exact) mass is 344 g/mol. The summed E-state index contributed by atoms with van der Waals surface area (Å²) in [5, 5.41) is 0. The lowest BCUT2D eigenvalue weighted by molar-refractivity contribution is -0.186. The normalized spacial score (nSPS) is 15.2. The van der Waals surface area contributed by atoms with E-state index < -0.39 is 24.0 Å². The molecule has 1 saturated heterocycles. The van der Waals surface area contributed by atoms with Gasteiger partial charge in [0, 0.05) is 38.7 Å². The van der Waals surface area contributed by atoms with Crippen LogP contribution in [0.15, 0.2) is 24.3 Å². The van der Waals surface area contributed by atoms with Gasteiger partial charge in [-0.15, -0.1) is 0 Å². The molecule has 0 aromatic heterocycles. The van der Waals surface area contributed by atoms with Crippen LogP contribution < -0.4 is 4.74 Å². The molecule has 0 saturated carbocycles. The van der Waals surface area contributed by atoms with Gasteiger partial charge in [0.15, 0.2) is 0 Å². The molecule has 6 nitrogen and oxygen atoms in total. The molecule has 0 N–H and O–H groups in total. The Labute approximate surface area is 135 Å². The maximum atomic E-state index is 12.4. The quantitative estimate of drug-likeness (QED) is 0.602. The summed E-state index contributed by atoms with van der Waals surface area (Å²) >= 11 is 0. The minimum Gasteiger partial charge on any atom is -0.427 e. The summed E-state index contributed by atoms with van der Waals surface area (Å²) in [6, 6.07) is 5.95. The van der Waals surface area contributed by atoms with Crippen LogP contribution in [0.1, 0.15) is 17.3 Å². The topological polar surface area (TPSA) is 66.9 Å². The number of nitrogens with zero attached hydrogens (tertiary/aromatic N) is 2. The van der Waals surface area contributed by atoms with Crippen molar-refractivity contribution in [3.63, 3.8) is 0 Å². The number of halogens is 3. The van der Waals surface area contributed by atoms with Gasteiger partial charge in [0.25, 0.3) is 5.91 Å². The van der Waals surface area contributed by atoms with E-state index in [0.717, 1.165) is 0 Å². The summed E-state index contributed by atoms with van der Waals surface area (Å²) in [7, 11) is 0. The van der Waals surface area contributed by atoms with Crippen molar-refractivity contribution in [1.82, 2.24) is 9.80 Å². The smallest absolute Gasteiger partial charge is 0.427 e. The van der Waals surface area contributed by atoms with Gasteiger partial charge in [0.2, 0.25) is 0 Å². The van der Waals surface area contributed by atoms with Crippen LogP contribution in [0.4, 0.5) is 13.2 Å². The Morgan fingerprint density at radius 1 is 1.04 bits per heavy atom. The average Bonchev–Trinajstić information content (AvgIpc) is 2.52. The number of piperazine rings is 1. The molecule has 9 heteroatoms. The van der Waals surface area contributed by atoms with Crippen molar-refractivity contribution in [3.05, 3.63) is 29.8 Å². The molecule has 24 heavy (non-hydrogen) atoms. The fraction of sp³-hybridized carbons (Fsp3) is 0.400. The third-order valence-electron chi connectivity index (χ3n) is 3.44. The van der Waals surface area contributed by atoms with Gasteiger partial charge in [-0.3, -0.25) is 14.4 Å². The molecule has 2 amide bonds. The number of carbonyl (C=O) groups excluding carboxylic acids is 3. The van der Waals surface area contributed by atoms with Crippen LogP contribution in [-0.2, 0) is 9.59 Å². The molecule has 1 aliphatic heterocycles. The van der Waals surface area contributed by atoms with Crippen LogP contribution in [0.3, 0.4) is 0 Å². The zero-order valence-corrected chi connectivity index (χ0v) is 12.8. The summed E-state index contributed by atoms with van der Waals surface area (Å²) in [6.07, 6.45) is -4.91. The van der Waals surface area contributed by atoms with E-state index in [1.807, 2.05) is 0 Å². The van der Waals surface area contributed by atoms with Crippen LogP contribution in [0.25, 0.3) is 0 Å². The molecule has 130 valence electrons. The Kier molecular flexibility index (Phi) is 5.10. The van der Waals surface area contributed by atoms with Gasteiger partial charge in [0.1, 0.15) is 5.75 Å². The summed E-state index contributed by atoms with van der Waals surface area (Å²) < 4.78 is 42.1. The third kappa shape index (κ3) is 4.24. The first kappa shape index (κ1) is 17.8. The highest BCUT2D eigenvalue weighted by molar-refractivity contribution is 5.95. The number of hydrogen-bond acceptors (Lipinski definition) is 4. The van der Waals surface area contributed by atoms with Crippen molar-refractivity contribution >= 4 is 17.8 Å². The lowest BCUT2D eigenvalue weighted by atomic mass is 10.1. The van der Waals surface area contributed by atoms with Crippen LogP contribution in [0, 0.1) is 0 Å². The van der Waals surface area contributed by atoms with Gasteiger partial charge in [-0.1, -0.05) is 6.07 Å². The Hall–Kier alpha value is -2.58. The summed E-state index contributed by atoms with van der Waals surface area (Å²) in [4.78, 5) is 36.5. The van der Waals surface area contributed by atoms with Gasteiger partial charge in [-0.25, -0.2) is 0 Å². The van der Waals surface area contributed by atoms with E-state index in [9.17, 15) is 27.6 Å². The van der Waals surface area contributed by atoms with E-state index in [-0.39, 0.29) is 37.5 Å². The number of ether oxygens (including phenoxy) is 1. The highest BCUT2D eigenvalue weighted by Gasteiger charge is 2.43. The Morgan fingerprint density at radius 2 is 1.62 bits per heavy atom. The van der Waals surface area contributed by atoms with Crippen LogP contribution >= 0.6 is 0 Å². The van der Waals surface area contributed by atoms with Crippen molar-refractivity contribution in [2.75, 3.05) is 26.2 Å². The first-order chi connectivity index (χ1) is 11.2. The van der Waals surface area contributed by atoms with Crippen molar-refractivity contribution in [2.24, 2.45) is 0 Å². The lowest BCUT2D eigenvalue weighted by Gasteiger charge is -2.35. The average molecular weight is 344 g/mol. The molecular formula is C15H15F3N2O4. The van der Waals surface area contributed by atoms with E-state index in [1.54, 1.807) is 0 Å². The number of hydrogen-bond donors (Lipinski definition) is 0. The number of esters is 1. The van der Waals surface area contributed by atoms with Gasteiger partial charge < -0.3 is 14.5 Å². The summed E-state index contributed by atoms with van der Waals surface area (Å²) in [5.41, 5.74) is 0.254. The molecule has 2 rings (SSSR count). The van der Waals surface area contributed by atoms with Gasteiger partial charge in [-0.05, 0) is 18.2 Å². The third-order valence-corrected chi connectivity index (χ3v) is 3.44. The zero-order valence-electron chi connectivity index (χ0n) is 12.8. The van der Waals surface area contributed by atoms with E-state index in [1.165, 1.54) is 36.1 Å². The highest BCUT2D eigenvalue weighted by atomic mass is 19.4. The maximum absolute atomic E-state index is 12.4. The van der Waals surface area contributed by atoms with Gasteiger partial charge in [0.05, 0.1) is 0 Å². The molecule has 0 atom stereocenters. The second-order valence-electron chi connectivity index (χ2n) is 5.20. The number of alkyl halides is 3. The van der Waals surface area contributed by atoms with Crippen LogP contribution in [0.2, 0.25) is 0 Å². The van der Waals surface area contributed by atoms with Crippen molar-refractivity contribution in [3.8, 4) is 5.75 Å². The fourth-order valence-corrected chi connectivity index (χ4v) is 2.33.